The van der Waals surface area contributed by atoms with Crippen LogP contribution in [-0.2, 0) is 4.74 Å². The molecule has 0 saturated carbocycles. The molecule has 9 heteroatoms. The van der Waals surface area contributed by atoms with Crippen LogP contribution in [0.25, 0.3) is 0 Å². The van der Waals surface area contributed by atoms with Crippen molar-refractivity contribution in [1.29, 1.82) is 0 Å². The van der Waals surface area contributed by atoms with Crippen molar-refractivity contribution in [3.63, 3.8) is 0 Å². The van der Waals surface area contributed by atoms with Gasteiger partial charge in [0.25, 0.3) is 5.56 Å². The van der Waals surface area contributed by atoms with Gasteiger partial charge >= 0.3 is 5.69 Å². The number of aliphatic hydroxyl groups excluding tert-OH is 3. The summed E-state index contributed by atoms with van der Waals surface area (Å²) in [7, 11) is 0. The van der Waals surface area contributed by atoms with Gasteiger partial charge in [-0.2, -0.15) is 0 Å². The lowest BCUT2D eigenvalue weighted by Gasteiger charge is -2.17. The van der Waals surface area contributed by atoms with Gasteiger partial charge < -0.3 is 20.1 Å². The van der Waals surface area contributed by atoms with Crippen LogP contribution in [0.5, 0.6) is 0 Å². The molecule has 2 rings (SSSR count). The van der Waals surface area contributed by atoms with E-state index in [2.05, 4.69) is 4.98 Å². The first-order valence-corrected chi connectivity index (χ1v) is 6.17. The number of halogens is 1. The molecule has 1 saturated heterocycles. The van der Waals surface area contributed by atoms with Crippen molar-refractivity contribution in [3.8, 4) is 0 Å². The summed E-state index contributed by atoms with van der Waals surface area (Å²) in [6.45, 7) is -0.482. The minimum atomic E-state index is -1.36. The Morgan fingerprint density at radius 2 is 2.06 bits per heavy atom. The number of nitrogens with zero attached hydrogens (tertiary/aromatic N) is 1. The van der Waals surface area contributed by atoms with Crippen molar-refractivity contribution in [2.75, 3.05) is 6.61 Å². The fourth-order valence-corrected chi connectivity index (χ4v) is 2.19. The zero-order valence-electron chi connectivity index (χ0n) is 8.99. The quantitative estimate of drug-likeness (QED) is 0.438. The predicted octanol–water partition coefficient (Wildman–Crippen LogP) is -2.25. The lowest BCUT2D eigenvalue weighted by molar-refractivity contribution is -0.0551. The highest BCUT2D eigenvalue weighted by atomic mass is 124. The molecule has 0 unspecified atom stereocenters. The van der Waals surface area contributed by atoms with Crippen LogP contribution in [0.3, 0.4) is 0 Å². The second-order valence-corrected chi connectivity index (χ2v) is 5.03. The van der Waals surface area contributed by atoms with E-state index in [4.69, 9.17) is 9.84 Å². The van der Waals surface area contributed by atoms with E-state index in [1.165, 1.54) is 6.20 Å². The van der Waals surface area contributed by atoms with Gasteiger partial charge in [0.1, 0.15) is 18.3 Å². The molecule has 1 aliphatic rings. The smallest absolute Gasteiger partial charge is 0.330 e. The molecule has 0 bridgehead atoms. The highest BCUT2D eigenvalue weighted by Gasteiger charge is 2.43. The van der Waals surface area contributed by atoms with Crippen LogP contribution in [0.1, 0.15) is 6.23 Å². The standard InChI is InChI=1S/C9H11IN2O6/c10-3-1-12(9(17)11-7(3)16)8-6(15)5(14)4(2-13)18-8/h1,4-6,8,13-15H,2H2,(H,11,16,17)/t4-,5-,6-,8-/m1/s1/i10-3. The maximum atomic E-state index is 11.6. The lowest BCUT2D eigenvalue weighted by Crippen LogP contribution is -2.38. The average Bonchev–Trinajstić information content (AvgIpc) is 2.61. The van der Waals surface area contributed by atoms with Crippen molar-refractivity contribution in [2.45, 2.75) is 24.5 Å². The summed E-state index contributed by atoms with van der Waals surface area (Å²) in [5.74, 6) is 0. The second kappa shape index (κ2) is 5.09. The van der Waals surface area contributed by atoms with E-state index in [0.29, 0.717) is 0 Å². The lowest BCUT2D eigenvalue weighted by atomic mass is 10.1. The fourth-order valence-electron chi connectivity index (χ4n) is 1.76. The van der Waals surface area contributed by atoms with Crippen molar-refractivity contribution in [1.82, 2.24) is 9.55 Å². The van der Waals surface area contributed by atoms with E-state index in [-0.39, 0.29) is 3.57 Å². The third-order valence-electron chi connectivity index (χ3n) is 2.72. The fraction of sp³-hybridized carbons (Fsp3) is 0.556. The summed E-state index contributed by atoms with van der Waals surface area (Å²) in [6.07, 6.45) is -3.54. The Morgan fingerprint density at radius 1 is 1.39 bits per heavy atom. The molecule has 0 spiro atoms. The summed E-state index contributed by atoms with van der Waals surface area (Å²) in [4.78, 5) is 24.9. The molecule has 8 nitrogen and oxygen atoms in total. The van der Waals surface area contributed by atoms with Crippen LogP contribution >= 0.6 is 22.6 Å². The van der Waals surface area contributed by atoms with Crippen molar-refractivity contribution in [3.05, 3.63) is 30.6 Å². The van der Waals surface area contributed by atoms with Crippen LogP contribution in [0.4, 0.5) is 0 Å². The largest absolute Gasteiger partial charge is 0.394 e. The molecule has 4 N–H and O–H groups in total. The molecule has 18 heavy (non-hydrogen) atoms. The topological polar surface area (TPSA) is 125 Å². The van der Waals surface area contributed by atoms with Gasteiger partial charge in [-0.1, -0.05) is 0 Å². The number of hydrogen-bond acceptors (Lipinski definition) is 6. The van der Waals surface area contributed by atoms with Crippen molar-refractivity contribution in [2.24, 2.45) is 0 Å². The van der Waals surface area contributed by atoms with Crippen molar-refractivity contribution < 1.29 is 20.1 Å². The summed E-state index contributed by atoms with van der Waals surface area (Å²) in [5.41, 5.74) is -1.29. The number of aliphatic hydroxyl groups is 3. The van der Waals surface area contributed by atoms with Gasteiger partial charge in [-0.05, 0) is 22.6 Å². The number of aromatic nitrogens is 2. The van der Waals surface area contributed by atoms with E-state index in [1.807, 2.05) is 0 Å². The molecule has 1 aromatic rings. The van der Waals surface area contributed by atoms with Crippen LogP contribution in [0.15, 0.2) is 15.8 Å². The SMILES string of the molecule is O=c1[nH]c(=O)n([C@@H]2O[C@H](CO)[C@@H](O)[C@H]2O)cc1[124I]. The van der Waals surface area contributed by atoms with E-state index < -0.39 is 42.4 Å². The van der Waals surface area contributed by atoms with Gasteiger partial charge in [0.15, 0.2) is 6.23 Å². The number of nitrogens with one attached hydrogen (secondary N) is 1. The molecule has 0 radical (unpaired) electrons. The van der Waals surface area contributed by atoms with E-state index in [9.17, 15) is 19.8 Å². The highest BCUT2D eigenvalue weighted by Crippen LogP contribution is 2.27. The Morgan fingerprint density at radius 3 is 2.61 bits per heavy atom. The van der Waals surface area contributed by atoms with Crippen LogP contribution < -0.4 is 11.2 Å². The Hall–Kier alpha value is -0.750. The number of rotatable bonds is 2. The van der Waals surface area contributed by atoms with Gasteiger partial charge in [0.2, 0.25) is 0 Å². The third kappa shape index (κ3) is 2.23. The second-order valence-electron chi connectivity index (χ2n) is 3.87. The van der Waals surface area contributed by atoms with Crippen LogP contribution in [0.2, 0.25) is 0 Å². The molecule has 0 amide bonds. The maximum absolute atomic E-state index is 11.6. The van der Waals surface area contributed by atoms with Gasteiger partial charge in [0.05, 0.1) is 10.2 Å². The first-order chi connectivity index (χ1) is 8.45. The number of hydrogen-bond donors (Lipinski definition) is 4. The van der Waals surface area contributed by atoms with Gasteiger partial charge in [0, 0.05) is 6.20 Å². The van der Waals surface area contributed by atoms with Gasteiger partial charge in [-0.15, -0.1) is 0 Å². The minimum Gasteiger partial charge on any atom is -0.394 e. The Bertz CT molecular complexity index is 555. The zero-order chi connectivity index (χ0) is 13.4. The monoisotopic (exact) mass is 367 g/mol. The number of aromatic amines is 1. The van der Waals surface area contributed by atoms with Gasteiger partial charge in [-0.3, -0.25) is 14.3 Å². The van der Waals surface area contributed by atoms with Crippen LogP contribution in [0, 0.1) is 3.57 Å². The summed E-state index contributed by atoms with van der Waals surface area (Å²) in [6, 6.07) is 0. The van der Waals surface area contributed by atoms with Crippen LogP contribution in [-0.4, -0.2) is 49.8 Å². The van der Waals surface area contributed by atoms with E-state index >= 15 is 0 Å². The summed E-state index contributed by atoms with van der Waals surface area (Å²) in [5, 5.41) is 28.3. The summed E-state index contributed by atoms with van der Waals surface area (Å²) < 4.78 is 6.40. The minimum absolute atomic E-state index is 0.241. The molecule has 1 fully saturated rings. The molecule has 2 heterocycles. The molecule has 1 aliphatic heterocycles. The molecular formula is C9H11IN2O6. The first kappa shape index (κ1) is 13.7. The van der Waals surface area contributed by atoms with Crippen molar-refractivity contribution >= 4 is 22.6 Å². The predicted molar refractivity (Wildman–Crippen MR) is 67.0 cm³/mol. The van der Waals surface area contributed by atoms with Gasteiger partial charge in [-0.25, -0.2) is 4.79 Å². The molecule has 0 aromatic carbocycles. The molecule has 1 aromatic heterocycles. The molecule has 4 atom stereocenters. The molecule has 0 aliphatic carbocycles. The normalized spacial score (nSPS) is 31.8. The highest BCUT2D eigenvalue weighted by molar-refractivity contribution is 14.1. The molecular weight excluding hydrogens is 356 g/mol. The zero-order valence-corrected chi connectivity index (χ0v) is 11.1. The summed E-state index contributed by atoms with van der Waals surface area (Å²) >= 11 is 1.73. The Kier molecular flexibility index (Phi) is 3.87. The maximum Gasteiger partial charge on any atom is 0.330 e. The third-order valence-corrected chi connectivity index (χ3v) is 3.48. The number of ether oxygens (including phenoxy) is 1. The molecule has 100 valence electrons. The average molecular weight is 367 g/mol. The Labute approximate surface area is 114 Å². The van der Waals surface area contributed by atoms with E-state index in [0.717, 1.165) is 4.57 Å². The Balaban J connectivity index is 2.42. The number of H-pyrrole nitrogens is 1. The van der Waals surface area contributed by atoms with E-state index in [1.54, 1.807) is 22.6 Å². The first-order valence-electron chi connectivity index (χ1n) is 5.09.